The molecule has 0 aliphatic rings. The van der Waals surface area contributed by atoms with Crippen LogP contribution in [0, 0.1) is 6.92 Å². The van der Waals surface area contributed by atoms with E-state index in [1.54, 1.807) is 19.1 Å². The lowest BCUT2D eigenvalue weighted by molar-refractivity contribution is -0.139. The molecule has 2 aromatic rings. The van der Waals surface area contributed by atoms with Crippen LogP contribution >= 0.6 is 23.2 Å². The topological polar surface area (TPSA) is 84.9 Å². The lowest BCUT2D eigenvalue weighted by Crippen LogP contribution is -2.30. The molecule has 0 atom stereocenters. The summed E-state index contributed by atoms with van der Waals surface area (Å²) in [5.41, 5.74) is 1.39. The minimum atomic E-state index is -0.573. The molecule has 0 aromatic heterocycles. The van der Waals surface area contributed by atoms with Gasteiger partial charge in [0.15, 0.2) is 5.75 Å². The summed E-state index contributed by atoms with van der Waals surface area (Å²) in [5, 5.41) is 12.7. The summed E-state index contributed by atoms with van der Waals surface area (Å²) in [6, 6.07) is 6.27. The van der Waals surface area contributed by atoms with E-state index in [2.05, 4.69) is 10.1 Å². The molecule has 0 saturated heterocycles. The fraction of sp³-hybridized carbons (Fsp3) is 0.300. The van der Waals surface area contributed by atoms with Gasteiger partial charge in [-0.2, -0.15) is 0 Å². The number of carbonyl (C=O) groups is 2. The van der Waals surface area contributed by atoms with Gasteiger partial charge in [0, 0.05) is 11.1 Å². The Morgan fingerprint density at radius 2 is 1.89 bits per heavy atom. The predicted molar refractivity (Wildman–Crippen MR) is 108 cm³/mol. The first-order valence-electron chi connectivity index (χ1n) is 8.50. The first kappa shape index (κ1) is 21.9. The SMILES string of the molecule is COC(=O)CNC(=O)c1cc(Cl)c(Oc2ccc(O)c(C(C)C)c2)c(Cl)c1C. The summed E-state index contributed by atoms with van der Waals surface area (Å²) in [7, 11) is 1.23. The molecule has 28 heavy (non-hydrogen) atoms. The van der Waals surface area contributed by atoms with Crippen LogP contribution in [0.25, 0.3) is 0 Å². The van der Waals surface area contributed by atoms with Crippen molar-refractivity contribution < 1.29 is 24.2 Å². The Kier molecular flexibility index (Phi) is 7.16. The second kappa shape index (κ2) is 9.17. The molecule has 0 fully saturated rings. The van der Waals surface area contributed by atoms with Crippen molar-refractivity contribution >= 4 is 35.1 Å². The molecule has 2 rings (SSSR count). The third-order valence-electron chi connectivity index (χ3n) is 4.13. The van der Waals surface area contributed by atoms with Crippen LogP contribution in [0.1, 0.15) is 41.3 Å². The smallest absolute Gasteiger partial charge is 0.325 e. The Morgan fingerprint density at radius 3 is 2.50 bits per heavy atom. The van der Waals surface area contributed by atoms with Gasteiger partial charge in [-0.25, -0.2) is 0 Å². The van der Waals surface area contributed by atoms with Crippen LogP contribution in [0.3, 0.4) is 0 Å². The molecule has 0 unspecified atom stereocenters. The fourth-order valence-electron chi connectivity index (χ4n) is 2.52. The van der Waals surface area contributed by atoms with Gasteiger partial charge in [0.2, 0.25) is 0 Å². The largest absolute Gasteiger partial charge is 0.508 e. The van der Waals surface area contributed by atoms with Gasteiger partial charge in [-0.1, -0.05) is 37.0 Å². The fourth-order valence-corrected chi connectivity index (χ4v) is 3.05. The number of halogens is 2. The molecule has 0 saturated carbocycles. The van der Waals surface area contributed by atoms with Gasteiger partial charge >= 0.3 is 5.97 Å². The number of phenolic OH excluding ortho intramolecular Hbond substituents is 1. The highest BCUT2D eigenvalue weighted by Gasteiger charge is 2.20. The maximum Gasteiger partial charge on any atom is 0.325 e. The van der Waals surface area contributed by atoms with E-state index >= 15 is 0 Å². The maximum absolute atomic E-state index is 12.3. The molecule has 1 amide bonds. The van der Waals surface area contributed by atoms with Gasteiger partial charge in [0.25, 0.3) is 5.91 Å². The number of nitrogens with one attached hydrogen (secondary N) is 1. The second-order valence-electron chi connectivity index (χ2n) is 6.41. The monoisotopic (exact) mass is 425 g/mol. The van der Waals surface area contributed by atoms with Gasteiger partial charge in [0.1, 0.15) is 18.0 Å². The molecule has 0 spiro atoms. The molecular formula is C20H21Cl2NO5. The third-order valence-corrected chi connectivity index (χ3v) is 4.86. The average Bonchev–Trinajstić information content (AvgIpc) is 2.66. The third kappa shape index (κ3) is 4.88. The van der Waals surface area contributed by atoms with Gasteiger partial charge in [0.05, 0.1) is 17.2 Å². The minimum absolute atomic E-state index is 0.0945. The minimum Gasteiger partial charge on any atom is -0.508 e. The van der Waals surface area contributed by atoms with Crippen molar-refractivity contribution in [2.24, 2.45) is 0 Å². The summed E-state index contributed by atoms with van der Waals surface area (Å²) in [4.78, 5) is 23.5. The Balaban J connectivity index is 2.33. The van der Waals surface area contributed by atoms with Crippen molar-refractivity contribution in [3.8, 4) is 17.2 Å². The van der Waals surface area contributed by atoms with Crippen molar-refractivity contribution in [3.63, 3.8) is 0 Å². The summed E-state index contributed by atoms with van der Waals surface area (Å²) < 4.78 is 10.3. The summed E-state index contributed by atoms with van der Waals surface area (Å²) in [6.45, 7) is 5.28. The standard InChI is InChI=1S/C20H21Cl2NO5/c1-10(2)13-7-12(5-6-16(13)24)28-19-15(21)8-14(11(3)18(19)22)20(26)23-9-17(25)27-4/h5-8,10,24H,9H2,1-4H3,(H,23,26). The zero-order chi connectivity index (χ0) is 21.0. The molecular weight excluding hydrogens is 405 g/mol. The van der Waals surface area contributed by atoms with Crippen molar-refractivity contribution in [1.29, 1.82) is 0 Å². The first-order valence-corrected chi connectivity index (χ1v) is 9.25. The number of hydrogen-bond donors (Lipinski definition) is 2. The molecule has 2 N–H and O–H groups in total. The molecule has 0 aliphatic carbocycles. The number of amides is 1. The van der Waals surface area contributed by atoms with E-state index in [4.69, 9.17) is 27.9 Å². The van der Waals surface area contributed by atoms with Crippen LogP contribution < -0.4 is 10.1 Å². The van der Waals surface area contributed by atoms with E-state index in [-0.39, 0.29) is 39.6 Å². The Morgan fingerprint density at radius 1 is 1.21 bits per heavy atom. The van der Waals surface area contributed by atoms with Gasteiger partial charge < -0.3 is 19.9 Å². The number of carbonyl (C=O) groups excluding carboxylic acids is 2. The van der Waals surface area contributed by atoms with Gasteiger partial charge in [-0.15, -0.1) is 0 Å². The van der Waals surface area contributed by atoms with Crippen molar-refractivity contribution in [1.82, 2.24) is 5.32 Å². The van der Waals surface area contributed by atoms with Crippen LogP contribution in [-0.2, 0) is 9.53 Å². The number of aromatic hydroxyl groups is 1. The highest BCUT2D eigenvalue weighted by molar-refractivity contribution is 6.38. The molecule has 0 bridgehead atoms. The summed E-state index contributed by atoms with van der Waals surface area (Å²) >= 11 is 12.7. The molecule has 8 heteroatoms. The number of esters is 1. The van der Waals surface area contributed by atoms with E-state index in [0.717, 1.165) is 5.56 Å². The van der Waals surface area contributed by atoms with Crippen molar-refractivity contribution in [3.05, 3.63) is 51.0 Å². The van der Waals surface area contributed by atoms with Gasteiger partial charge in [-0.3, -0.25) is 9.59 Å². The normalized spacial score (nSPS) is 10.7. The van der Waals surface area contributed by atoms with Crippen LogP contribution in [0.5, 0.6) is 17.2 Å². The molecule has 0 radical (unpaired) electrons. The van der Waals surface area contributed by atoms with E-state index in [9.17, 15) is 14.7 Å². The summed E-state index contributed by atoms with van der Waals surface area (Å²) in [6.07, 6.45) is 0. The van der Waals surface area contributed by atoms with Crippen molar-refractivity contribution in [2.45, 2.75) is 26.7 Å². The summed E-state index contributed by atoms with van der Waals surface area (Å²) in [5.74, 6) is -0.162. The molecule has 150 valence electrons. The number of benzene rings is 2. The highest BCUT2D eigenvalue weighted by atomic mass is 35.5. The number of methoxy groups -OCH3 is 1. The number of hydrogen-bond acceptors (Lipinski definition) is 5. The zero-order valence-electron chi connectivity index (χ0n) is 15.9. The van der Waals surface area contributed by atoms with Gasteiger partial charge in [-0.05, 0) is 42.7 Å². The predicted octanol–water partition coefficient (Wildman–Crippen LogP) is 4.83. The Labute approximate surface area is 173 Å². The first-order chi connectivity index (χ1) is 13.1. The van der Waals surface area contributed by atoms with Crippen LogP contribution in [0.2, 0.25) is 10.0 Å². The lowest BCUT2D eigenvalue weighted by atomic mass is 10.0. The van der Waals surface area contributed by atoms with E-state index in [0.29, 0.717) is 11.3 Å². The quantitative estimate of drug-likeness (QED) is 0.647. The molecule has 0 heterocycles. The van der Waals surface area contributed by atoms with Crippen LogP contribution in [0.4, 0.5) is 0 Å². The van der Waals surface area contributed by atoms with E-state index in [1.807, 2.05) is 13.8 Å². The number of phenols is 1. The molecule has 6 nitrogen and oxygen atoms in total. The molecule has 0 aliphatic heterocycles. The number of rotatable bonds is 6. The van der Waals surface area contributed by atoms with Crippen LogP contribution in [0.15, 0.2) is 24.3 Å². The van der Waals surface area contributed by atoms with Crippen molar-refractivity contribution in [2.75, 3.05) is 13.7 Å². The van der Waals surface area contributed by atoms with Crippen LogP contribution in [-0.4, -0.2) is 30.6 Å². The second-order valence-corrected chi connectivity index (χ2v) is 7.20. The van der Waals surface area contributed by atoms with E-state index < -0.39 is 11.9 Å². The Hall–Kier alpha value is -2.44. The van der Waals surface area contributed by atoms with E-state index in [1.165, 1.54) is 19.2 Å². The highest BCUT2D eigenvalue weighted by Crippen LogP contribution is 2.41. The maximum atomic E-state index is 12.3. The molecule has 2 aromatic carbocycles. The Bertz CT molecular complexity index is 912. The number of ether oxygens (including phenoxy) is 2. The zero-order valence-corrected chi connectivity index (χ0v) is 17.4. The lowest BCUT2D eigenvalue weighted by Gasteiger charge is -2.16. The average molecular weight is 426 g/mol.